The molecule has 2 aromatic carbocycles. The van der Waals surface area contributed by atoms with Gasteiger partial charge in [-0.25, -0.2) is 17.8 Å². The van der Waals surface area contributed by atoms with E-state index >= 15 is 0 Å². The minimum absolute atomic E-state index is 0.0298. The highest BCUT2D eigenvalue weighted by Gasteiger charge is 2.33. The predicted molar refractivity (Wildman–Crippen MR) is 127 cm³/mol. The first-order chi connectivity index (χ1) is 16.9. The van der Waals surface area contributed by atoms with Crippen LogP contribution < -0.4 is 4.90 Å². The van der Waals surface area contributed by atoms with Crippen LogP contribution in [0.2, 0.25) is 5.02 Å². The van der Waals surface area contributed by atoms with E-state index < -0.39 is 33.3 Å². The smallest absolute Gasteiger partial charge is 0.352 e. The van der Waals surface area contributed by atoms with Crippen LogP contribution in [-0.2, 0) is 16.0 Å². The van der Waals surface area contributed by atoms with Gasteiger partial charge >= 0.3 is 6.18 Å². The van der Waals surface area contributed by atoms with Crippen LogP contribution in [0, 0.1) is 5.82 Å². The molecule has 36 heavy (non-hydrogen) atoms. The fourth-order valence-electron chi connectivity index (χ4n) is 3.96. The van der Waals surface area contributed by atoms with E-state index in [9.17, 15) is 30.8 Å². The number of aromatic nitrogens is 1. The summed E-state index contributed by atoms with van der Waals surface area (Å²) in [6, 6.07) is 10.6. The van der Waals surface area contributed by atoms with E-state index in [1.54, 1.807) is 11.0 Å². The zero-order chi connectivity index (χ0) is 26.3. The molecule has 1 aromatic heterocycles. The first-order valence-electron chi connectivity index (χ1n) is 10.7. The summed E-state index contributed by atoms with van der Waals surface area (Å²) >= 11 is 6.05. The Kier molecular flexibility index (Phi) is 6.98. The number of alkyl halides is 3. The number of carbonyl (C=O) groups is 1. The fourth-order valence-corrected chi connectivity index (χ4v) is 4.89. The first-order valence-corrected chi connectivity index (χ1v) is 13.0. The Bertz CT molecular complexity index is 1420. The summed E-state index contributed by atoms with van der Waals surface area (Å²) in [5, 5.41) is -0.160. The van der Waals surface area contributed by atoms with Crippen LogP contribution in [0.15, 0.2) is 59.6 Å². The van der Waals surface area contributed by atoms with E-state index in [1.165, 1.54) is 41.3 Å². The lowest BCUT2D eigenvalue weighted by molar-refractivity contribution is -0.137. The normalized spacial score (nSPS) is 14.7. The molecule has 0 aliphatic carbocycles. The van der Waals surface area contributed by atoms with Crippen LogP contribution >= 0.6 is 11.6 Å². The molecule has 0 atom stereocenters. The van der Waals surface area contributed by atoms with Crippen molar-refractivity contribution in [1.29, 1.82) is 0 Å². The number of hydrogen-bond donors (Lipinski definition) is 0. The number of pyridine rings is 1. The molecule has 190 valence electrons. The largest absolute Gasteiger partial charge is 0.417 e. The van der Waals surface area contributed by atoms with Crippen LogP contribution in [0.25, 0.3) is 11.1 Å². The van der Waals surface area contributed by atoms with Crippen LogP contribution in [-0.4, -0.2) is 56.6 Å². The monoisotopic (exact) mass is 541 g/mol. The van der Waals surface area contributed by atoms with Crippen molar-refractivity contribution in [3.8, 4) is 11.1 Å². The summed E-state index contributed by atoms with van der Waals surface area (Å²) in [5.74, 6) is -0.890. The van der Waals surface area contributed by atoms with Crippen molar-refractivity contribution in [2.45, 2.75) is 11.1 Å². The molecule has 12 heteroatoms. The van der Waals surface area contributed by atoms with Gasteiger partial charge < -0.3 is 9.80 Å². The third-order valence-corrected chi connectivity index (χ3v) is 7.22. The summed E-state index contributed by atoms with van der Waals surface area (Å²) in [6.07, 6.45) is -2.86. The van der Waals surface area contributed by atoms with Crippen molar-refractivity contribution < 1.29 is 30.8 Å². The number of benzene rings is 2. The minimum Gasteiger partial charge on any atom is -0.352 e. The third kappa shape index (κ3) is 5.31. The van der Waals surface area contributed by atoms with Gasteiger partial charge in [0.15, 0.2) is 9.84 Å². The lowest BCUT2D eigenvalue weighted by Crippen LogP contribution is -2.49. The molecular formula is C24H20ClF4N3O3S. The molecule has 0 saturated carbocycles. The van der Waals surface area contributed by atoms with Crippen molar-refractivity contribution >= 4 is 33.2 Å². The van der Waals surface area contributed by atoms with Crippen molar-refractivity contribution in [3.05, 3.63) is 76.7 Å². The van der Waals surface area contributed by atoms with E-state index in [1.807, 2.05) is 0 Å². The van der Waals surface area contributed by atoms with Crippen molar-refractivity contribution in [3.63, 3.8) is 0 Å². The molecule has 1 aliphatic rings. The summed E-state index contributed by atoms with van der Waals surface area (Å²) in [5.41, 5.74) is -0.528. The second-order valence-corrected chi connectivity index (χ2v) is 10.7. The van der Waals surface area contributed by atoms with Crippen LogP contribution in [0.5, 0.6) is 0 Å². The Labute approximate surface area is 210 Å². The second-order valence-electron chi connectivity index (χ2n) is 8.27. The average molecular weight is 542 g/mol. The molecule has 6 nitrogen and oxygen atoms in total. The van der Waals surface area contributed by atoms with Gasteiger partial charge in [0.1, 0.15) is 11.6 Å². The zero-order valence-electron chi connectivity index (χ0n) is 18.9. The number of piperazine rings is 1. The molecule has 2 heterocycles. The molecule has 0 unspecified atom stereocenters. The Hall–Kier alpha value is -3.18. The highest BCUT2D eigenvalue weighted by Crippen LogP contribution is 2.34. The lowest BCUT2D eigenvalue weighted by atomic mass is 9.98. The van der Waals surface area contributed by atoms with Crippen molar-refractivity contribution in [1.82, 2.24) is 9.88 Å². The third-order valence-electron chi connectivity index (χ3n) is 5.83. The number of hydrogen-bond acceptors (Lipinski definition) is 5. The van der Waals surface area contributed by atoms with Crippen molar-refractivity contribution in [2.75, 3.05) is 37.3 Å². The molecule has 0 bridgehead atoms. The minimum atomic E-state index is -4.57. The molecular weight excluding hydrogens is 522 g/mol. The van der Waals surface area contributed by atoms with Gasteiger partial charge in [0.05, 0.1) is 15.5 Å². The molecule has 1 aliphatic heterocycles. The molecule has 1 amide bonds. The molecule has 1 fully saturated rings. The number of sulfone groups is 1. The van der Waals surface area contributed by atoms with Gasteiger partial charge in [-0.15, -0.1) is 0 Å². The molecule has 1 saturated heterocycles. The van der Waals surface area contributed by atoms with E-state index in [4.69, 9.17) is 11.6 Å². The number of rotatable bonds is 4. The average Bonchev–Trinajstić information content (AvgIpc) is 2.82. The summed E-state index contributed by atoms with van der Waals surface area (Å²) in [6.45, 7) is 0.782. The first kappa shape index (κ1) is 25.9. The van der Waals surface area contributed by atoms with E-state index in [0.717, 1.165) is 12.3 Å². The van der Waals surface area contributed by atoms with Gasteiger partial charge in [-0.2, -0.15) is 13.2 Å². The Morgan fingerprint density at radius 1 is 1.00 bits per heavy atom. The lowest BCUT2D eigenvalue weighted by Gasteiger charge is -2.36. The van der Waals surface area contributed by atoms with Crippen LogP contribution in [0.1, 0.15) is 15.9 Å². The van der Waals surface area contributed by atoms with Gasteiger partial charge in [-0.1, -0.05) is 35.9 Å². The topological polar surface area (TPSA) is 70.6 Å². The van der Waals surface area contributed by atoms with Gasteiger partial charge in [0.2, 0.25) is 0 Å². The molecule has 0 spiro atoms. The maximum atomic E-state index is 14.5. The Balaban J connectivity index is 1.60. The van der Waals surface area contributed by atoms with Crippen LogP contribution in [0.3, 0.4) is 0 Å². The molecule has 0 N–H and O–H groups in total. The molecule has 4 rings (SSSR count). The van der Waals surface area contributed by atoms with Gasteiger partial charge in [-0.3, -0.25) is 4.79 Å². The number of nitrogens with zero attached hydrogens (tertiary/aromatic N) is 3. The number of halogens is 5. The standard InChI is InChI=1S/C24H20ClF4N3O3S/c1-36(34,35)16-6-7-17(18-4-2-3-5-21(18)26)19(13-16)23(33)32-10-8-31(9-11-32)22-20(25)12-15(14-30-22)24(27,28)29/h2-7,12-14H,8-11H2,1H3. The summed E-state index contributed by atoms with van der Waals surface area (Å²) < 4.78 is 77.5. The maximum absolute atomic E-state index is 14.5. The number of carbonyl (C=O) groups excluding carboxylic acids is 1. The number of anilines is 1. The predicted octanol–water partition coefficient (Wildman–Crippen LogP) is 4.93. The van der Waals surface area contributed by atoms with E-state index in [0.29, 0.717) is 6.20 Å². The number of amides is 1. The maximum Gasteiger partial charge on any atom is 0.417 e. The summed E-state index contributed by atoms with van der Waals surface area (Å²) in [4.78, 5) is 20.4. The molecule has 3 aromatic rings. The van der Waals surface area contributed by atoms with E-state index in [-0.39, 0.29) is 58.6 Å². The van der Waals surface area contributed by atoms with Crippen molar-refractivity contribution in [2.24, 2.45) is 0 Å². The van der Waals surface area contributed by atoms with Gasteiger partial charge in [-0.05, 0) is 29.8 Å². The highest BCUT2D eigenvalue weighted by molar-refractivity contribution is 7.90. The quantitative estimate of drug-likeness (QED) is 0.438. The Morgan fingerprint density at radius 2 is 1.67 bits per heavy atom. The summed E-state index contributed by atoms with van der Waals surface area (Å²) in [7, 11) is -3.64. The zero-order valence-corrected chi connectivity index (χ0v) is 20.5. The fraction of sp³-hybridized carbons (Fsp3) is 0.250. The molecule has 0 radical (unpaired) electrons. The van der Waals surface area contributed by atoms with E-state index in [2.05, 4.69) is 4.98 Å². The highest BCUT2D eigenvalue weighted by atomic mass is 35.5. The second kappa shape index (κ2) is 9.70. The SMILES string of the molecule is CS(=O)(=O)c1ccc(-c2ccccc2F)c(C(=O)N2CCN(c3ncc(C(F)(F)F)cc3Cl)CC2)c1. The Morgan fingerprint density at radius 3 is 2.25 bits per heavy atom. The van der Waals surface area contributed by atoms with Gasteiger partial charge in [0, 0.05) is 49.8 Å². The van der Waals surface area contributed by atoms with Crippen LogP contribution in [0.4, 0.5) is 23.4 Å². The van der Waals surface area contributed by atoms with Gasteiger partial charge in [0.25, 0.3) is 5.91 Å².